The molecule has 3 aromatic rings. The van der Waals surface area contributed by atoms with Gasteiger partial charge in [0.1, 0.15) is 5.82 Å². The lowest BCUT2D eigenvalue weighted by Gasteiger charge is -2.26. The van der Waals surface area contributed by atoms with Crippen LogP contribution in [0.4, 0.5) is 5.82 Å². The van der Waals surface area contributed by atoms with E-state index in [-0.39, 0.29) is 12.6 Å². The van der Waals surface area contributed by atoms with E-state index in [4.69, 9.17) is 0 Å². The van der Waals surface area contributed by atoms with Crippen LogP contribution in [0.15, 0.2) is 48.0 Å². The number of benzene rings is 1. The summed E-state index contributed by atoms with van der Waals surface area (Å²) < 4.78 is 0. The summed E-state index contributed by atoms with van der Waals surface area (Å²) >= 11 is 1.76. The van der Waals surface area contributed by atoms with Gasteiger partial charge in [-0.3, -0.25) is 0 Å². The van der Waals surface area contributed by atoms with Gasteiger partial charge in [0.25, 0.3) is 0 Å². The molecule has 0 saturated heterocycles. The van der Waals surface area contributed by atoms with Gasteiger partial charge in [-0.05, 0) is 23.8 Å². The molecule has 0 amide bonds. The molecule has 0 bridgehead atoms. The number of thiophene rings is 1. The van der Waals surface area contributed by atoms with Crippen molar-refractivity contribution in [3.8, 4) is 0 Å². The highest BCUT2D eigenvalue weighted by atomic mass is 32.1. The van der Waals surface area contributed by atoms with E-state index >= 15 is 0 Å². The smallest absolute Gasteiger partial charge is 0.136 e. The lowest BCUT2D eigenvalue weighted by Crippen LogP contribution is -2.22. The van der Waals surface area contributed by atoms with Gasteiger partial charge in [0.2, 0.25) is 0 Å². The molecule has 0 spiro atoms. The van der Waals surface area contributed by atoms with Crippen LogP contribution in [-0.4, -0.2) is 17.1 Å². The van der Waals surface area contributed by atoms with Crippen molar-refractivity contribution >= 4 is 27.9 Å². The molecule has 1 atom stereocenters. The van der Waals surface area contributed by atoms with E-state index in [9.17, 15) is 5.11 Å². The van der Waals surface area contributed by atoms with Crippen molar-refractivity contribution < 1.29 is 5.11 Å². The van der Waals surface area contributed by atoms with Gasteiger partial charge in [0.05, 0.1) is 12.6 Å². The Morgan fingerprint density at radius 3 is 2.62 bits per heavy atom. The number of anilines is 1. The molecule has 2 heterocycles. The summed E-state index contributed by atoms with van der Waals surface area (Å²) in [7, 11) is 2.07. The third-order valence-electron chi connectivity index (χ3n) is 3.90. The molecule has 1 unspecified atom stereocenters. The molecule has 0 fully saturated rings. The topological polar surface area (TPSA) is 36.4 Å². The standard InChI is InChI=1S/C17H18N2OS/c1-12(16-8-5-9-21-16)19(2)17-15-7-4-3-6-14(15)13(11-20)10-18-17/h3-10,12,20H,11H2,1-2H3. The molecule has 0 saturated carbocycles. The van der Waals surface area contributed by atoms with Crippen LogP contribution >= 0.6 is 11.3 Å². The Labute approximate surface area is 128 Å². The zero-order valence-electron chi connectivity index (χ0n) is 12.2. The third-order valence-corrected chi connectivity index (χ3v) is 4.94. The van der Waals surface area contributed by atoms with E-state index < -0.39 is 0 Å². The second-order valence-electron chi connectivity index (χ2n) is 5.11. The van der Waals surface area contributed by atoms with Crippen molar-refractivity contribution in [1.29, 1.82) is 0 Å². The number of aliphatic hydroxyl groups is 1. The largest absolute Gasteiger partial charge is 0.392 e. The molecule has 1 N–H and O–H groups in total. The monoisotopic (exact) mass is 298 g/mol. The predicted octanol–water partition coefficient (Wildman–Crippen LogP) is 3.99. The summed E-state index contributed by atoms with van der Waals surface area (Å²) in [6, 6.07) is 12.6. The summed E-state index contributed by atoms with van der Waals surface area (Å²) in [5.74, 6) is 0.948. The second-order valence-corrected chi connectivity index (χ2v) is 6.09. The van der Waals surface area contributed by atoms with Crippen LogP contribution in [-0.2, 0) is 6.61 Å². The minimum absolute atomic E-state index is 0.0119. The highest BCUT2D eigenvalue weighted by Crippen LogP contribution is 2.32. The first kappa shape index (κ1) is 14.0. The molecule has 0 aliphatic rings. The quantitative estimate of drug-likeness (QED) is 0.791. The van der Waals surface area contributed by atoms with Gasteiger partial charge < -0.3 is 10.0 Å². The van der Waals surface area contributed by atoms with Crippen molar-refractivity contribution in [2.75, 3.05) is 11.9 Å². The molecule has 1 aromatic carbocycles. The summed E-state index contributed by atoms with van der Waals surface area (Å²) in [6.45, 7) is 2.19. The number of fused-ring (bicyclic) bond motifs is 1. The van der Waals surface area contributed by atoms with Crippen LogP contribution in [0.1, 0.15) is 23.4 Å². The molecule has 0 radical (unpaired) electrons. The SMILES string of the molecule is CC(c1cccs1)N(C)c1ncc(CO)c2ccccc12. The maximum Gasteiger partial charge on any atom is 0.136 e. The second kappa shape index (κ2) is 5.84. The van der Waals surface area contributed by atoms with Crippen LogP contribution in [0.3, 0.4) is 0 Å². The minimum Gasteiger partial charge on any atom is -0.392 e. The Morgan fingerprint density at radius 2 is 1.95 bits per heavy atom. The van der Waals surface area contributed by atoms with E-state index in [1.165, 1.54) is 4.88 Å². The van der Waals surface area contributed by atoms with E-state index in [0.717, 1.165) is 22.2 Å². The van der Waals surface area contributed by atoms with Gasteiger partial charge in [-0.25, -0.2) is 4.98 Å². The Hall–Kier alpha value is -1.91. The van der Waals surface area contributed by atoms with Crippen LogP contribution < -0.4 is 4.90 Å². The fraction of sp³-hybridized carbons (Fsp3) is 0.235. The molecule has 3 rings (SSSR count). The van der Waals surface area contributed by atoms with Gasteiger partial charge in [-0.15, -0.1) is 11.3 Å². The van der Waals surface area contributed by atoms with Gasteiger partial charge in [-0.2, -0.15) is 0 Å². The van der Waals surface area contributed by atoms with Crippen LogP contribution in [0, 0.1) is 0 Å². The van der Waals surface area contributed by atoms with E-state index in [0.29, 0.717) is 0 Å². The predicted molar refractivity (Wildman–Crippen MR) is 88.8 cm³/mol. The number of rotatable bonds is 4. The average Bonchev–Trinajstić information content (AvgIpc) is 3.07. The number of pyridine rings is 1. The molecule has 0 aliphatic heterocycles. The Kier molecular flexibility index (Phi) is 3.90. The fourth-order valence-electron chi connectivity index (χ4n) is 2.55. The van der Waals surface area contributed by atoms with E-state index in [1.54, 1.807) is 17.5 Å². The zero-order valence-corrected chi connectivity index (χ0v) is 13.0. The van der Waals surface area contributed by atoms with Gasteiger partial charge in [-0.1, -0.05) is 30.3 Å². The van der Waals surface area contributed by atoms with Gasteiger partial charge in [0.15, 0.2) is 0 Å². The van der Waals surface area contributed by atoms with Crippen molar-refractivity contribution in [3.63, 3.8) is 0 Å². The van der Waals surface area contributed by atoms with Crippen LogP contribution in [0.2, 0.25) is 0 Å². The lowest BCUT2D eigenvalue weighted by atomic mass is 10.1. The van der Waals surface area contributed by atoms with E-state index in [2.05, 4.69) is 47.4 Å². The first-order chi connectivity index (χ1) is 10.2. The first-order valence-electron chi connectivity index (χ1n) is 6.96. The number of aromatic nitrogens is 1. The highest BCUT2D eigenvalue weighted by molar-refractivity contribution is 7.10. The van der Waals surface area contributed by atoms with Gasteiger partial charge >= 0.3 is 0 Å². The highest BCUT2D eigenvalue weighted by Gasteiger charge is 2.17. The Balaban J connectivity index is 2.08. The number of aliphatic hydroxyl groups excluding tert-OH is 1. The van der Waals surface area contributed by atoms with Crippen LogP contribution in [0.25, 0.3) is 10.8 Å². The average molecular weight is 298 g/mol. The summed E-state index contributed by atoms with van der Waals surface area (Å²) in [4.78, 5) is 8.08. The molecular formula is C17H18N2OS. The Morgan fingerprint density at radius 1 is 1.19 bits per heavy atom. The number of hydrogen-bond donors (Lipinski definition) is 1. The molecule has 2 aromatic heterocycles. The van der Waals surface area contributed by atoms with Gasteiger partial charge in [0, 0.05) is 29.1 Å². The third kappa shape index (κ3) is 2.52. The van der Waals surface area contributed by atoms with Crippen molar-refractivity contribution in [3.05, 3.63) is 58.4 Å². The van der Waals surface area contributed by atoms with Crippen molar-refractivity contribution in [2.45, 2.75) is 19.6 Å². The normalized spacial score (nSPS) is 12.5. The summed E-state index contributed by atoms with van der Waals surface area (Å²) in [5, 5.41) is 13.7. The fourth-order valence-corrected chi connectivity index (χ4v) is 3.37. The van der Waals surface area contributed by atoms with E-state index in [1.807, 2.05) is 18.2 Å². The van der Waals surface area contributed by atoms with Crippen LogP contribution in [0.5, 0.6) is 0 Å². The molecule has 4 heteroatoms. The summed E-state index contributed by atoms with van der Waals surface area (Å²) in [6.07, 6.45) is 1.77. The Bertz CT molecular complexity index is 740. The maximum absolute atomic E-state index is 9.47. The number of hydrogen-bond acceptors (Lipinski definition) is 4. The number of nitrogens with zero attached hydrogens (tertiary/aromatic N) is 2. The molecule has 108 valence electrons. The molecule has 3 nitrogen and oxygen atoms in total. The maximum atomic E-state index is 9.47. The molecule has 0 aliphatic carbocycles. The molecule has 21 heavy (non-hydrogen) atoms. The van der Waals surface area contributed by atoms with Crippen molar-refractivity contribution in [2.24, 2.45) is 0 Å². The zero-order chi connectivity index (χ0) is 14.8. The summed E-state index contributed by atoms with van der Waals surface area (Å²) in [5.41, 5.74) is 0.867. The van der Waals surface area contributed by atoms with Crippen molar-refractivity contribution in [1.82, 2.24) is 4.98 Å². The minimum atomic E-state index is 0.0119. The first-order valence-corrected chi connectivity index (χ1v) is 7.84. The molecular weight excluding hydrogens is 280 g/mol. The lowest BCUT2D eigenvalue weighted by molar-refractivity contribution is 0.283.